The molecule has 11 nitrogen and oxygen atoms in total. The molecule has 12 atom stereocenters. The minimum Gasteiger partial charge on any atom is -0.508 e. The van der Waals surface area contributed by atoms with Crippen LogP contribution in [0, 0.1) is 52.8 Å². The summed E-state index contributed by atoms with van der Waals surface area (Å²) in [7, 11) is 0. The van der Waals surface area contributed by atoms with Crippen LogP contribution in [0.2, 0.25) is 0 Å². The van der Waals surface area contributed by atoms with Crippen LogP contribution in [-0.2, 0) is 33.6 Å². The topological polar surface area (TPSA) is 195 Å². The van der Waals surface area contributed by atoms with Crippen LogP contribution in [0.15, 0.2) is 125 Å². The van der Waals surface area contributed by atoms with E-state index in [1.807, 2.05) is 80.6 Å². The normalized spacial score (nSPS) is 35.7. The lowest BCUT2D eigenvalue weighted by molar-refractivity contribution is -0.170. The molecular formula is C64H75N3O8. The molecule has 394 valence electrons. The van der Waals surface area contributed by atoms with Crippen molar-refractivity contribution in [2.75, 3.05) is 19.8 Å². The molecule has 3 aliphatic heterocycles. The van der Waals surface area contributed by atoms with E-state index in [4.69, 9.17) is 10.5 Å². The third-order valence-electron chi connectivity index (χ3n) is 17.6. The highest BCUT2D eigenvalue weighted by molar-refractivity contribution is 6.01. The zero-order valence-electron chi connectivity index (χ0n) is 43.8. The molecule has 9 N–H and O–H groups in total. The Morgan fingerprint density at radius 2 is 1.68 bits per heavy atom. The Labute approximate surface area is 443 Å². The van der Waals surface area contributed by atoms with Gasteiger partial charge in [-0.05, 0) is 153 Å². The fourth-order valence-electron chi connectivity index (χ4n) is 13.4. The molecule has 1 spiro atoms. The maximum Gasteiger partial charge on any atom is 0.243 e. The smallest absolute Gasteiger partial charge is 0.243 e. The first-order valence-electron chi connectivity index (χ1n) is 27.0. The molecular weight excluding hydrogens is 939 g/mol. The van der Waals surface area contributed by atoms with Crippen molar-refractivity contribution in [3.8, 4) is 29.4 Å². The van der Waals surface area contributed by atoms with Gasteiger partial charge in [0.05, 0.1) is 36.4 Å². The predicted octanol–water partition coefficient (Wildman–Crippen LogP) is 7.98. The van der Waals surface area contributed by atoms with E-state index in [0.717, 1.165) is 46.3 Å². The van der Waals surface area contributed by atoms with Crippen LogP contribution < -0.4 is 16.4 Å². The van der Waals surface area contributed by atoms with Gasteiger partial charge in [-0.25, -0.2) is 0 Å². The summed E-state index contributed by atoms with van der Waals surface area (Å²) in [5, 5.41) is 67.5. The third kappa shape index (κ3) is 11.5. The maximum absolute atomic E-state index is 15.7. The molecule has 2 fully saturated rings. The number of hydrogen-bond donors (Lipinski definition) is 8. The summed E-state index contributed by atoms with van der Waals surface area (Å²) >= 11 is 0. The molecule has 2 saturated carbocycles. The lowest BCUT2D eigenvalue weighted by Crippen LogP contribution is -2.60. The molecule has 3 aliphatic carbocycles. The third-order valence-corrected chi connectivity index (χ3v) is 17.6. The van der Waals surface area contributed by atoms with Crippen molar-refractivity contribution in [1.82, 2.24) is 10.6 Å². The first kappa shape index (κ1) is 53.9. The number of carbonyl (C=O) groups is 2. The monoisotopic (exact) mass is 1010 g/mol. The quantitative estimate of drug-likeness (QED) is 0.0942. The van der Waals surface area contributed by atoms with Gasteiger partial charge >= 0.3 is 0 Å². The fourth-order valence-corrected chi connectivity index (χ4v) is 13.4. The van der Waals surface area contributed by atoms with Gasteiger partial charge in [-0.3, -0.25) is 14.9 Å². The molecule has 0 unspecified atom stereocenters. The summed E-state index contributed by atoms with van der Waals surface area (Å²) in [6, 6.07) is 19.6. The number of hydrogen-bond acceptors (Lipinski definition) is 10. The highest BCUT2D eigenvalue weighted by Gasteiger charge is 2.64. The number of aliphatic hydroxyl groups excluding tert-OH is 3. The number of allylic oxidation sites excluding steroid dienone is 8. The van der Waals surface area contributed by atoms with Crippen molar-refractivity contribution in [2.24, 2.45) is 34.8 Å². The number of aromatic hydroxyl groups is 1. The van der Waals surface area contributed by atoms with Gasteiger partial charge in [-0.1, -0.05) is 120 Å². The number of nitrogens with one attached hydrogen (secondary N) is 2. The van der Waals surface area contributed by atoms with E-state index in [1.165, 1.54) is 5.57 Å². The molecule has 9 rings (SSSR count). The van der Waals surface area contributed by atoms with Gasteiger partial charge in [-0.2, -0.15) is 0 Å². The molecule has 11 heteroatoms. The zero-order valence-corrected chi connectivity index (χ0v) is 43.8. The molecule has 1 amide bonds. The predicted molar refractivity (Wildman–Crippen MR) is 291 cm³/mol. The highest BCUT2D eigenvalue weighted by Crippen LogP contribution is 2.63. The molecule has 0 radical (unpaired) electrons. The standard InChI is InChI=1S/C64H75N3O8/c1-39-12-5-6-31-75-38-46(19-8-15-40(2)14-7-13-39)50-28-30-64(60(50)72)54-36-45-18-10-21-52(59(71)41(3)49(54)27-29-63(64,4)74)51-20-11-22-53-57(51)58(62(73)67-61(53)65)66-37-56(70)47(33-42-23-25-48(68)26-24-42)34-43-16-9-17-44(32-43)35-55(45)69/h8-9,11,13,15-17,19-20,22-26,32,45,47,50,52,54-56,58,60-61,66,68-70,72,74H,2,7,12,14,21,27-31,33-38,65H2,1,3-4H3,(H,67,73)/b15-8+,39-13+,46-19-,49-41+/t45-,47+,50-,52+,54-,55-,56-,58-,60-,61-,63-,64-/m1/s1. The van der Waals surface area contributed by atoms with E-state index in [0.29, 0.717) is 73.6 Å². The SMILES string of the molecule is C=C1/C=C/C=C(\[C@H]2CC[C@@]3([C@@H]4C[C@H]5C#CC[C@H](C(=O)/C(C)=C/4CC[C@@]3(C)O)c3cccc4c3[C@@H](NC[C@@H](O)[C@@H](Cc3ccc(O)cc3)Cc3cccc(c3)C[C@H]5O)C(=O)N[C@H]4N)[C@@H]2O)COCC#CC/C(C)=C/CC1. The molecule has 3 aromatic carbocycles. The van der Waals surface area contributed by atoms with Crippen LogP contribution >= 0.6 is 0 Å². The number of phenolic OH excluding ortho intramolecular Hbond substituents is 1. The maximum atomic E-state index is 15.7. The summed E-state index contributed by atoms with van der Waals surface area (Å²) in [6.07, 6.45) is 10.0. The number of ether oxygens (including phenoxy) is 1. The van der Waals surface area contributed by atoms with Gasteiger partial charge < -0.3 is 41.3 Å². The van der Waals surface area contributed by atoms with Gasteiger partial charge in [0.2, 0.25) is 5.91 Å². The Balaban J connectivity index is 1.16. The van der Waals surface area contributed by atoms with Gasteiger partial charge in [-0.15, -0.1) is 5.92 Å². The van der Waals surface area contributed by atoms with Crippen LogP contribution in [0.25, 0.3) is 0 Å². The largest absolute Gasteiger partial charge is 0.508 e. The molecule has 0 aromatic heterocycles. The van der Waals surface area contributed by atoms with Crippen molar-refractivity contribution in [2.45, 2.75) is 140 Å². The number of fused-ring (bicyclic) bond motifs is 8. The Morgan fingerprint density at radius 1 is 0.920 bits per heavy atom. The summed E-state index contributed by atoms with van der Waals surface area (Å²) in [4.78, 5) is 29.9. The van der Waals surface area contributed by atoms with Crippen molar-refractivity contribution >= 4 is 11.7 Å². The zero-order chi connectivity index (χ0) is 53.0. The Morgan fingerprint density at radius 3 is 2.48 bits per heavy atom. The van der Waals surface area contributed by atoms with Gasteiger partial charge in [0.25, 0.3) is 0 Å². The second-order valence-corrected chi connectivity index (χ2v) is 22.4. The summed E-state index contributed by atoms with van der Waals surface area (Å²) in [6.45, 7) is 10.6. The minimum absolute atomic E-state index is 0.0403. The van der Waals surface area contributed by atoms with E-state index in [2.05, 4.69) is 60.0 Å². The molecule has 75 heavy (non-hydrogen) atoms. The Kier molecular flexibility index (Phi) is 16.7. The van der Waals surface area contributed by atoms with Gasteiger partial charge in [0.15, 0.2) is 5.78 Å². The van der Waals surface area contributed by atoms with Gasteiger partial charge in [0, 0.05) is 36.6 Å². The van der Waals surface area contributed by atoms with E-state index >= 15 is 4.79 Å². The molecule has 3 aromatic rings. The van der Waals surface area contributed by atoms with Crippen molar-refractivity contribution in [3.05, 3.63) is 159 Å². The van der Waals surface area contributed by atoms with Crippen molar-refractivity contribution in [1.29, 1.82) is 0 Å². The Hall–Kier alpha value is -5.86. The van der Waals surface area contributed by atoms with Crippen LogP contribution in [0.5, 0.6) is 5.75 Å². The first-order valence-corrected chi connectivity index (χ1v) is 27.0. The van der Waals surface area contributed by atoms with Crippen LogP contribution in [0.3, 0.4) is 0 Å². The second-order valence-electron chi connectivity index (χ2n) is 22.4. The molecule has 3 heterocycles. The molecule has 4 bridgehead atoms. The van der Waals surface area contributed by atoms with E-state index in [1.54, 1.807) is 12.1 Å². The number of rotatable bonds is 3. The van der Waals surface area contributed by atoms with E-state index in [-0.39, 0.29) is 56.0 Å². The summed E-state index contributed by atoms with van der Waals surface area (Å²) in [5.74, 6) is 10.1. The van der Waals surface area contributed by atoms with Crippen LogP contribution in [0.1, 0.15) is 130 Å². The average Bonchev–Trinajstić information content (AvgIpc) is 3.74. The van der Waals surface area contributed by atoms with Crippen molar-refractivity contribution in [3.63, 3.8) is 0 Å². The van der Waals surface area contributed by atoms with E-state index < -0.39 is 65.2 Å². The number of Topliss-reactive ketones (excluding diaryl/α,β-unsaturated/α-hetero) is 1. The number of carbonyl (C=O) groups excluding carboxylic acids is 2. The lowest BCUT2D eigenvalue weighted by atomic mass is 9.51. The van der Waals surface area contributed by atoms with E-state index in [9.17, 15) is 30.3 Å². The number of amides is 1. The molecule has 0 saturated heterocycles. The number of benzene rings is 3. The second kappa shape index (κ2) is 23.2. The summed E-state index contributed by atoms with van der Waals surface area (Å²) in [5.41, 5.74) is 13.2. The number of ketones is 1. The van der Waals surface area contributed by atoms with Crippen LogP contribution in [-0.4, -0.2) is 80.9 Å². The number of phenols is 1. The average molecular weight is 1010 g/mol. The number of nitrogens with two attached hydrogens (primary N) is 1. The van der Waals surface area contributed by atoms with Crippen LogP contribution in [0.4, 0.5) is 0 Å². The first-order chi connectivity index (χ1) is 36.0. The minimum atomic E-state index is -1.38. The Bertz CT molecular complexity index is 2910. The number of aliphatic hydroxyl groups is 4. The summed E-state index contributed by atoms with van der Waals surface area (Å²) < 4.78 is 6.22. The van der Waals surface area contributed by atoms with Crippen molar-refractivity contribution < 1.29 is 39.9 Å². The molecule has 6 aliphatic rings. The van der Waals surface area contributed by atoms with Gasteiger partial charge in [0.1, 0.15) is 24.6 Å². The fraction of sp³-hybridized carbons (Fsp3) is 0.469. The highest BCUT2D eigenvalue weighted by atomic mass is 16.5. The number of β-amino-alcohol motifs (C(OH)–C–C–N with tert-alkyl or cyclic N) is 1. The lowest BCUT2D eigenvalue weighted by Gasteiger charge is -2.56.